The molecule has 2 heterocycles. The molecule has 2 aromatic rings. The lowest BCUT2D eigenvalue weighted by Gasteiger charge is -2.30. The number of fused-ring (bicyclic) bond motifs is 1. The number of benzene rings is 1. The Kier molecular flexibility index (Phi) is 3.36. The molecule has 1 aromatic carbocycles. The van der Waals surface area contributed by atoms with E-state index in [9.17, 15) is 4.79 Å². The lowest BCUT2D eigenvalue weighted by Crippen LogP contribution is -2.40. The maximum Gasteiger partial charge on any atom is 0.289 e. The van der Waals surface area contributed by atoms with Gasteiger partial charge in [0.05, 0.1) is 6.10 Å². The van der Waals surface area contributed by atoms with Crippen molar-refractivity contribution in [2.75, 3.05) is 25.9 Å². The first-order valence-corrected chi connectivity index (χ1v) is 6.78. The fourth-order valence-electron chi connectivity index (χ4n) is 2.62. The number of methoxy groups -OCH3 is 1. The van der Waals surface area contributed by atoms with Gasteiger partial charge in [-0.05, 0) is 37.1 Å². The van der Waals surface area contributed by atoms with E-state index in [0.717, 1.165) is 18.2 Å². The maximum atomic E-state index is 12.4. The van der Waals surface area contributed by atoms with Crippen molar-refractivity contribution in [3.8, 4) is 0 Å². The zero-order valence-corrected chi connectivity index (χ0v) is 11.5. The fraction of sp³-hybridized carbons (Fsp3) is 0.400. The molecule has 1 aliphatic rings. The van der Waals surface area contributed by atoms with Crippen LogP contribution in [-0.2, 0) is 4.74 Å². The average Bonchev–Trinajstić information content (AvgIpc) is 2.89. The predicted octanol–water partition coefficient (Wildman–Crippen LogP) is 2.27. The van der Waals surface area contributed by atoms with Gasteiger partial charge in [-0.1, -0.05) is 0 Å². The number of amides is 1. The minimum Gasteiger partial charge on any atom is -0.451 e. The van der Waals surface area contributed by atoms with Gasteiger partial charge in [0.25, 0.3) is 5.91 Å². The third-order valence-corrected chi connectivity index (χ3v) is 3.81. The van der Waals surface area contributed by atoms with Gasteiger partial charge in [-0.3, -0.25) is 4.79 Å². The van der Waals surface area contributed by atoms with Crippen LogP contribution < -0.4 is 5.73 Å². The summed E-state index contributed by atoms with van der Waals surface area (Å²) in [6, 6.07) is 7.13. The number of likely N-dealkylation sites (tertiary alicyclic amines) is 1. The summed E-state index contributed by atoms with van der Waals surface area (Å²) in [5.41, 5.74) is 7.09. The summed E-state index contributed by atoms with van der Waals surface area (Å²) in [5.74, 6) is 0.316. The number of hydrogen-bond acceptors (Lipinski definition) is 4. The fourth-order valence-corrected chi connectivity index (χ4v) is 2.62. The van der Waals surface area contributed by atoms with Crippen molar-refractivity contribution in [1.29, 1.82) is 0 Å². The topological polar surface area (TPSA) is 68.7 Å². The van der Waals surface area contributed by atoms with Crippen LogP contribution in [0.4, 0.5) is 5.69 Å². The van der Waals surface area contributed by atoms with E-state index in [1.54, 1.807) is 25.3 Å². The van der Waals surface area contributed by atoms with Crippen LogP contribution in [-0.4, -0.2) is 37.1 Å². The highest BCUT2D eigenvalue weighted by atomic mass is 16.5. The number of furan rings is 1. The lowest BCUT2D eigenvalue weighted by molar-refractivity contribution is 0.0335. The van der Waals surface area contributed by atoms with Gasteiger partial charge in [-0.15, -0.1) is 0 Å². The van der Waals surface area contributed by atoms with Crippen molar-refractivity contribution >= 4 is 22.6 Å². The Bertz CT molecular complexity index is 627. The Morgan fingerprint density at radius 2 is 2.10 bits per heavy atom. The summed E-state index contributed by atoms with van der Waals surface area (Å²) in [7, 11) is 1.71. The number of nitrogens with zero attached hydrogens (tertiary/aromatic N) is 1. The minimum absolute atomic E-state index is 0.0608. The van der Waals surface area contributed by atoms with Gasteiger partial charge in [0, 0.05) is 31.3 Å². The first kappa shape index (κ1) is 13.0. The molecule has 3 rings (SSSR count). The molecule has 5 nitrogen and oxygen atoms in total. The van der Waals surface area contributed by atoms with Gasteiger partial charge in [-0.2, -0.15) is 0 Å². The van der Waals surface area contributed by atoms with Crippen molar-refractivity contribution in [3.63, 3.8) is 0 Å². The van der Waals surface area contributed by atoms with E-state index in [1.807, 2.05) is 11.0 Å². The van der Waals surface area contributed by atoms with Crippen LogP contribution in [0.25, 0.3) is 11.0 Å². The van der Waals surface area contributed by atoms with Crippen molar-refractivity contribution < 1.29 is 13.9 Å². The molecule has 0 atom stereocenters. The van der Waals surface area contributed by atoms with E-state index < -0.39 is 0 Å². The minimum atomic E-state index is -0.0608. The molecule has 0 bridgehead atoms. The highest BCUT2D eigenvalue weighted by Gasteiger charge is 2.25. The van der Waals surface area contributed by atoms with Gasteiger partial charge < -0.3 is 19.8 Å². The van der Waals surface area contributed by atoms with Crippen LogP contribution >= 0.6 is 0 Å². The maximum absolute atomic E-state index is 12.4. The number of carbonyl (C=O) groups is 1. The zero-order chi connectivity index (χ0) is 14.1. The summed E-state index contributed by atoms with van der Waals surface area (Å²) in [6.07, 6.45) is 2.00. The number of hydrogen-bond donors (Lipinski definition) is 1. The number of nitrogens with two attached hydrogens (primary N) is 1. The molecule has 1 aliphatic heterocycles. The molecule has 5 heteroatoms. The second kappa shape index (κ2) is 5.17. The molecule has 1 saturated heterocycles. The van der Waals surface area contributed by atoms with Crippen LogP contribution in [0, 0.1) is 0 Å². The predicted molar refractivity (Wildman–Crippen MR) is 76.6 cm³/mol. The molecule has 1 aromatic heterocycles. The molecule has 20 heavy (non-hydrogen) atoms. The Morgan fingerprint density at radius 3 is 2.80 bits per heavy atom. The van der Waals surface area contributed by atoms with E-state index in [-0.39, 0.29) is 12.0 Å². The molecular weight excluding hydrogens is 256 g/mol. The highest BCUT2D eigenvalue weighted by molar-refractivity contribution is 5.96. The molecule has 2 N–H and O–H groups in total. The molecule has 1 amide bonds. The Hall–Kier alpha value is -2.01. The quantitative estimate of drug-likeness (QED) is 0.853. The van der Waals surface area contributed by atoms with Gasteiger partial charge in [0.1, 0.15) is 5.58 Å². The normalized spacial score (nSPS) is 16.8. The summed E-state index contributed by atoms with van der Waals surface area (Å²) in [6.45, 7) is 1.41. The first-order valence-electron chi connectivity index (χ1n) is 6.78. The third kappa shape index (κ3) is 2.36. The van der Waals surface area contributed by atoms with Gasteiger partial charge in [-0.25, -0.2) is 0 Å². The Labute approximate surface area is 117 Å². The number of rotatable bonds is 2. The molecule has 0 aliphatic carbocycles. The average molecular weight is 274 g/mol. The van der Waals surface area contributed by atoms with Crippen LogP contribution in [0.15, 0.2) is 28.7 Å². The van der Waals surface area contributed by atoms with Crippen LogP contribution in [0.1, 0.15) is 23.4 Å². The summed E-state index contributed by atoms with van der Waals surface area (Å²) in [4.78, 5) is 14.2. The first-order chi connectivity index (χ1) is 9.67. The highest BCUT2D eigenvalue weighted by Crippen LogP contribution is 2.24. The Morgan fingerprint density at radius 1 is 1.35 bits per heavy atom. The summed E-state index contributed by atoms with van der Waals surface area (Å²) in [5, 5.41) is 0.861. The second-order valence-corrected chi connectivity index (χ2v) is 5.14. The van der Waals surface area contributed by atoms with Crippen molar-refractivity contribution in [1.82, 2.24) is 4.90 Å². The largest absolute Gasteiger partial charge is 0.451 e. The van der Waals surface area contributed by atoms with E-state index >= 15 is 0 Å². The molecule has 0 radical (unpaired) electrons. The molecular formula is C15H18N2O3. The molecule has 1 fully saturated rings. The Balaban J connectivity index is 1.79. The lowest BCUT2D eigenvalue weighted by atomic mass is 10.1. The standard InChI is InChI=1S/C15H18N2O3/c1-19-12-4-6-17(7-5-12)15(18)14-9-10-8-11(16)2-3-13(10)20-14/h2-3,8-9,12H,4-7,16H2,1H3. The summed E-state index contributed by atoms with van der Waals surface area (Å²) < 4.78 is 10.9. The van der Waals surface area contributed by atoms with Gasteiger partial charge >= 0.3 is 0 Å². The number of anilines is 1. The van der Waals surface area contributed by atoms with Crippen molar-refractivity contribution in [2.45, 2.75) is 18.9 Å². The van der Waals surface area contributed by atoms with Crippen molar-refractivity contribution in [3.05, 3.63) is 30.0 Å². The zero-order valence-electron chi connectivity index (χ0n) is 11.5. The summed E-state index contributed by atoms with van der Waals surface area (Å²) >= 11 is 0. The molecule has 106 valence electrons. The van der Waals surface area contributed by atoms with Crippen LogP contribution in [0.2, 0.25) is 0 Å². The smallest absolute Gasteiger partial charge is 0.289 e. The van der Waals surface area contributed by atoms with E-state index in [4.69, 9.17) is 14.9 Å². The van der Waals surface area contributed by atoms with E-state index in [1.165, 1.54) is 0 Å². The molecule has 0 spiro atoms. The second-order valence-electron chi connectivity index (χ2n) is 5.14. The monoisotopic (exact) mass is 274 g/mol. The molecule has 0 saturated carbocycles. The number of ether oxygens (including phenoxy) is 1. The van der Waals surface area contributed by atoms with Crippen molar-refractivity contribution in [2.24, 2.45) is 0 Å². The van der Waals surface area contributed by atoms with E-state index in [0.29, 0.717) is 30.1 Å². The van der Waals surface area contributed by atoms with Crippen LogP contribution in [0.5, 0.6) is 0 Å². The SMILES string of the molecule is COC1CCN(C(=O)c2cc3cc(N)ccc3o2)CC1. The third-order valence-electron chi connectivity index (χ3n) is 3.81. The van der Waals surface area contributed by atoms with E-state index in [2.05, 4.69) is 0 Å². The number of piperidine rings is 1. The number of nitrogen functional groups attached to an aromatic ring is 1. The molecule has 0 unspecified atom stereocenters. The number of carbonyl (C=O) groups excluding carboxylic acids is 1. The van der Waals surface area contributed by atoms with Gasteiger partial charge in [0.15, 0.2) is 5.76 Å². The van der Waals surface area contributed by atoms with Crippen LogP contribution in [0.3, 0.4) is 0 Å². The van der Waals surface area contributed by atoms with Gasteiger partial charge in [0.2, 0.25) is 0 Å².